The molecule has 53 heavy (non-hydrogen) atoms. The van der Waals surface area contributed by atoms with Crippen LogP contribution in [0.1, 0.15) is 67.4 Å². The summed E-state index contributed by atoms with van der Waals surface area (Å²) in [5.74, 6) is 0.404. The second-order valence-electron chi connectivity index (χ2n) is 14.3. The fraction of sp³-hybridized carbons (Fsp3) is 0.625. The maximum absolute atomic E-state index is 13.5. The van der Waals surface area contributed by atoms with Gasteiger partial charge in [0.25, 0.3) is 5.91 Å². The minimum atomic E-state index is -3.95. The molecular formula is C40H57ClN2O9S. The lowest BCUT2D eigenvalue weighted by Crippen LogP contribution is -2.44. The average molecular weight is 777 g/mol. The van der Waals surface area contributed by atoms with Crippen molar-refractivity contribution in [1.29, 1.82) is 0 Å². The van der Waals surface area contributed by atoms with E-state index >= 15 is 0 Å². The Hall–Kier alpha value is -2.71. The highest BCUT2D eigenvalue weighted by Crippen LogP contribution is 2.42. The van der Waals surface area contributed by atoms with E-state index in [9.17, 15) is 13.2 Å². The summed E-state index contributed by atoms with van der Waals surface area (Å²) in [7, 11) is -2.31. The zero-order chi connectivity index (χ0) is 37.6. The van der Waals surface area contributed by atoms with Crippen LogP contribution in [0, 0.1) is 17.8 Å². The molecule has 0 spiro atoms. The van der Waals surface area contributed by atoms with Crippen molar-refractivity contribution in [3.63, 3.8) is 0 Å². The molecular weight excluding hydrogens is 720 g/mol. The molecule has 1 saturated carbocycles. The van der Waals surface area contributed by atoms with Gasteiger partial charge in [-0.3, -0.25) is 4.79 Å². The molecule has 1 amide bonds. The Morgan fingerprint density at radius 3 is 2.36 bits per heavy atom. The number of halogens is 1. The minimum absolute atomic E-state index is 0.144. The number of amides is 1. The predicted molar refractivity (Wildman–Crippen MR) is 206 cm³/mol. The molecule has 0 unspecified atom stereocenters. The second kappa shape index (κ2) is 20.8. The smallest absolute Gasteiger partial charge is 0.264 e. The lowest BCUT2D eigenvalue weighted by molar-refractivity contribution is -0.0454. The third-order valence-electron chi connectivity index (χ3n) is 10.7. The third kappa shape index (κ3) is 12.1. The molecule has 13 heteroatoms. The summed E-state index contributed by atoms with van der Waals surface area (Å²) in [5, 5.41) is -0.0851. The summed E-state index contributed by atoms with van der Waals surface area (Å²) in [6, 6.07) is 11.1. The molecule has 0 aromatic heterocycles. The molecule has 5 atom stereocenters. The van der Waals surface area contributed by atoms with Gasteiger partial charge in [0.1, 0.15) is 12.4 Å². The minimum Gasteiger partial charge on any atom is -0.487 e. The molecule has 2 aromatic carbocycles. The molecule has 2 aromatic rings. The summed E-state index contributed by atoms with van der Waals surface area (Å²) in [5.41, 5.74) is 3.32. The molecule has 1 N–H and O–H groups in total. The normalized spacial score (nSPS) is 25.5. The van der Waals surface area contributed by atoms with Gasteiger partial charge in [0.15, 0.2) is 0 Å². The molecule has 3 aliphatic rings. The second-order valence-corrected chi connectivity index (χ2v) is 16.8. The Balaban J connectivity index is 1.32. The number of rotatable bonds is 13. The third-order valence-corrected chi connectivity index (χ3v) is 12.8. The number of sulfonamides is 1. The van der Waals surface area contributed by atoms with Crippen molar-refractivity contribution in [1.82, 2.24) is 4.72 Å². The van der Waals surface area contributed by atoms with Crippen LogP contribution in [0.25, 0.3) is 0 Å². The van der Waals surface area contributed by atoms with Gasteiger partial charge in [-0.15, -0.1) is 0 Å². The van der Waals surface area contributed by atoms with E-state index in [0.717, 1.165) is 56.4 Å². The van der Waals surface area contributed by atoms with Crippen LogP contribution < -0.4 is 14.4 Å². The van der Waals surface area contributed by atoms with Crippen LogP contribution in [0.5, 0.6) is 5.75 Å². The fourth-order valence-corrected chi connectivity index (χ4v) is 8.55. The molecule has 294 valence electrons. The fourth-order valence-electron chi connectivity index (χ4n) is 7.07. The number of carbonyl (C=O) groups is 1. The highest BCUT2D eigenvalue weighted by molar-refractivity contribution is 7.90. The van der Waals surface area contributed by atoms with Crippen molar-refractivity contribution in [3.05, 3.63) is 70.3 Å². The number of benzene rings is 2. The van der Waals surface area contributed by atoms with Crippen LogP contribution >= 0.6 is 11.6 Å². The summed E-state index contributed by atoms with van der Waals surface area (Å²) < 4.78 is 64.0. The first kappa shape index (κ1) is 41.5. The number of hydrogen-bond acceptors (Lipinski definition) is 10. The molecule has 5 rings (SSSR count). The Morgan fingerprint density at radius 1 is 0.906 bits per heavy atom. The van der Waals surface area contributed by atoms with Crippen LogP contribution in [0.2, 0.25) is 5.02 Å². The standard InChI is InChI=1S/C40H57ClN2O9S/c1-29-7-6-9-38(51-24-23-50-22-21-49-20-19-48-18-17-47-3)36-14-11-33(36)27-43-16-5-4-8-31-25-35(41)13-10-34(31)28-52-39-15-12-32(26-37(39)43)40(44)42-53(45,46)30(29)2/h6,9-10,12-13,15,25-26,29-30,33,36,38H,4-5,7-8,11,14,16-24,27-28H2,1-3H3,(H,42,44)/b9-6+/t29-,30+,33-,36+,38-/m0/s1. The van der Waals surface area contributed by atoms with E-state index in [-0.39, 0.29) is 23.5 Å². The maximum atomic E-state index is 13.5. The van der Waals surface area contributed by atoms with Crippen LogP contribution in [-0.4, -0.2) is 98.7 Å². The van der Waals surface area contributed by atoms with Crippen molar-refractivity contribution < 1.29 is 41.6 Å². The lowest BCUT2D eigenvalue weighted by atomic mass is 9.70. The molecule has 11 nitrogen and oxygen atoms in total. The molecule has 1 aliphatic carbocycles. The Morgan fingerprint density at radius 2 is 1.64 bits per heavy atom. The van der Waals surface area contributed by atoms with Crippen LogP contribution in [0.3, 0.4) is 0 Å². The highest BCUT2D eigenvalue weighted by Gasteiger charge is 2.38. The van der Waals surface area contributed by atoms with E-state index < -0.39 is 21.2 Å². The van der Waals surface area contributed by atoms with Gasteiger partial charge in [0.2, 0.25) is 10.0 Å². The lowest BCUT2D eigenvalue weighted by Gasteiger charge is -2.44. The molecule has 1 fully saturated rings. The Labute approximate surface area is 320 Å². The number of aryl methyl sites for hydroxylation is 1. The zero-order valence-electron chi connectivity index (χ0n) is 31.4. The van der Waals surface area contributed by atoms with Crippen LogP contribution in [0.15, 0.2) is 48.6 Å². The average Bonchev–Trinajstić information content (AvgIpc) is 3.15. The monoisotopic (exact) mass is 776 g/mol. The van der Waals surface area contributed by atoms with Gasteiger partial charge in [-0.25, -0.2) is 13.1 Å². The topological polar surface area (TPSA) is 122 Å². The Kier molecular flexibility index (Phi) is 16.3. The number of ether oxygens (including phenoxy) is 6. The number of allylic oxidation sites excluding steroid dienone is 1. The first-order valence-electron chi connectivity index (χ1n) is 19.0. The van der Waals surface area contributed by atoms with Crippen molar-refractivity contribution in [2.75, 3.05) is 78.0 Å². The van der Waals surface area contributed by atoms with E-state index in [1.807, 2.05) is 31.2 Å². The molecule has 2 aliphatic heterocycles. The highest BCUT2D eigenvalue weighted by atomic mass is 35.5. The zero-order valence-corrected chi connectivity index (χ0v) is 33.0. The Bertz CT molecular complexity index is 1610. The van der Waals surface area contributed by atoms with E-state index in [4.69, 9.17) is 40.0 Å². The van der Waals surface area contributed by atoms with Crippen molar-refractivity contribution in [3.8, 4) is 5.75 Å². The van der Waals surface area contributed by atoms with Gasteiger partial charge >= 0.3 is 0 Å². The largest absolute Gasteiger partial charge is 0.487 e. The molecule has 2 bridgehead atoms. The first-order chi connectivity index (χ1) is 25.7. The number of nitrogens with zero attached hydrogens (tertiary/aromatic N) is 1. The number of hydrogen-bond donors (Lipinski definition) is 1. The van der Waals surface area contributed by atoms with Crippen molar-refractivity contribution in [2.45, 2.75) is 70.3 Å². The van der Waals surface area contributed by atoms with Gasteiger partial charge in [-0.05, 0) is 105 Å². The van der Waals surface area contributed by atoms with Gasteiger partial charge < -0.3 is 33.3 Å². The van der Waals surface area contributed by atoms with E-state index in [1.165, 1.54) is 5.56 Å². The number of methoxy groups -OCH3 is 1. The van der Waals surface area contributed by atoms with Crippen molar-refractivity contribution in [2.24, 2.45) is 17.8 Å². The van der Waals surface area contributed by atoms with Crippen LogP contribution in [-0.2, 0) is 46.7 Å². The SMILES string of the molecule is COCCOCCOCCOCCO[C@H]1/C=C/C[C@H](C)[C@@H](C)S(=O)(=O)NC(=O)c2ccc3c(c2)N(CCCCc2cc(Cl)ccc2CO3)C[C@@H]2CC[C@H]21. The quantitative estimate of drug-likeness (QED) is 0.186. The number of nitrogens with one attached hydrogen (secondary N) is 1. The van der Waals surface area contributed by atoms with Gasteiger partial charge in [-0.2, -0.15) is 0 Å². The summed E-state index contributed by atoms with van der Waals surface area (Å²) in [6.45, 7) is 9.35. The molecule has 0 radical (unpaired) electrons. The van der Waals surface area contributed by atoms with Gasteiger partial charge in [-0.1, -0.05) is 36.7 Å². The molecule has 2 heterocycles. The summed E-state index contributed by atoms with van der Waals surface area (Å²) in [4.78, 5) is 15.8. The van der Waals surface area contributed by atoms with E-state index in [2.05, 4.69) is 15.7 Å². The summed E-state index contributed by atoms with van der Waals surface area (Å²) in [6.07, 6.45) is 9.39. The molecule has 0 saturated heterocycles. The van der Waals surface area contributed by atoms with E-state index in [0.29, 0.717) is 82.6 Å². The maximum Gasteiger partial charge on any atom is 0.264 e. The van der Waals surface area contributed by atoms with Gasteiger partial charge in [0.05, 0.1) is 69.9 Å². The number of fused-ring (bicyclic) bond motifs is 3. The first-order valence-corrected chi connectivity index (χ1v) is 20.9. The van der Waals surface area contributed by atoms with E-state index in [1.54, 1.807) is 32.2 Å². The summed E-state index contributed by atoms with van der Waals surface area (Å²) >= 11 is 6.37. The van der Waals surface area contributed by atoms with Crippen molar-refractivity contribution >= 4 is 33.2 Å². The predicted octanol–water partition coefficient (Wildman–Crippen LogP) is 6.21. The number of anilines is 1. The van der Waals surface area contributed by atoms with Crippen LogP contribution in [0.4, 0.5) is 5.69 Å². The van der Waals surface area contributed by atoms with Gasteiger partial charge in [0, 0.05) is 30.8 Å². The number of carbonyl (C=O) groups excluding carboxylic acids is 1.